The van der Waals surface area contributed by atoms with E-state index in [2.05, 4.69) is 10.5 Å². The molecule has 0 unspecified atom stereocenters. The molecule has 0 fully saturated rings. The molecule has 1 amide bonds. The van der Waals surface area contributed by atoms with Gasteiger partial charge in [-0.15, -0.1) is 0 Å². The Labute approximate surface area is 80.3 Å². The highest BCUT2D eigenvalue weighted by Crippen LogP contribution is 2.31. The Hall–Kier alpha value is -2.04. The average Bonchev–Trinajstić information content (AvgIpc) is 2.65. The number of hydrogen-bond acceptors (Lipinski definition) is 4. The molecule has 72 valence electrons. The lowest BCUT2D eigenvalue weighted by Gasteiger charge is -1.96. The molecule has 0 aromatic heterocycles. The lowest BCUT2D eigenvalue weighted by atomic mass is 10.2. The first-order valence-corrected chi connectivity index (χ1v) is 4.02. The van der Waals surface area contributed by atoms with Gasteiger partial charge < -0.3 is 9.47 Å². The second kappa shape index (κ2) is 3.78. The first-order chi connectivity index (χ1) is 6.90. The Morgan fingerprint density at radius 3 is 3.07 bits per heavy atom. The first-order valence-electron chi connectivity index (χ1n) is 4.02. The number of ether oxygens (including phenoxy) is 2. The summed E-state index contributed by atoms with van der Waals surface area (Å²) in [6, 6.07) is 5.41. The van der Waals surface area contributed by atoms with Crippen LogP contribution in [-0.2, 0) is 4.79 Å². The molecule has 1 heterocycles. The largest absolute Gasteiger partial charge is 0.454 e. The highest BCUT2D eigenvalue weighted by molar-refractivity contribution is 5.81. The topological polar surface area (TPSA) is 59.9 Å². The van der Waals surface area contributed by atoms with Gasteiger partial charge in [-0.25, -0.2) is 5.43 Å². The number of rotatable bonds is 3. The highest BCUT2D eigenvalue weighted by Gasteiger charge is 2.12. The fourth-order valence-electron chi connectivity index (χ4n) is 1.14. The Morgan fingerprint density at radius 1 is 1.36 bits per heavy atom. The smallest absolute Gasteiger partial charge is 0.231 e. The summed E-state index contributed by atoms with van der Waals surface area (Å²) in [5, 5.41) is 3.65. The van der Waals surface area contributed by atoms with E-state index in [-0.39, 0.29) is 6.79 Å². The van der Waals surface area contributed by atoms with Gasteiger partial charge in [-0.3, -0.25) is 4.79 Å². The summed E-state index contributed by atoms with van der Waals surface area (Å²) >= 11 is 0. The number of carbonyl (C=O) groups is 1. The van der Waals surface area contributed by atoms with Crippen molar-refractivity contribution in [2.75, 3.05) is 6.79 Å². The Balaban J connectivity index is 2.16. The van der Waals surface area contributed by atoms with Crippen LogP contribution < -0.4 is 14.9 Å². The number of nitrogens with zero attached hydrogens (tertiary/aromatic N) is 1. The summed E-state index contributed by atoms with van der Waals surface area (Å²) < 4.78 is 10.3. The molecule has 0 saturated heterocycles. The van der Waals surface area contributed by atoms with Gasteiger partial charge in [0, 0.05) is 0 Å². The van der Waals surface area contributed by atoms with Crippen LogP contribution in [0, 0.1) is 0 Å². The molecular formula is C9H8N2O3. The quantitative estimate of drug-likeness (QED) is 0.431. The zero-order valence-corrected chi connectivity index (χ0v) is 7.27. The summed E-state index contributed by atoms with van der Waals surface area (Å²) in [7, 11) is 0. The molecule has 1 aliphatic rings. The van der Waals surface area contributed by atoms with Crippen LogP contribution in [0.4, 0.5) is 0 Å². The lowest BCUT2D eigenvalue weighted by molar-refractivity contribution is -0.109. The van der Waals surface area contributed by atoms with Gasteiger partial charge in [0.15, 0.2) is 11.5 Å². The SMILES string of the molecule is O=CNN=Cc1ccc2c(c1)OCO2. The summed E-state index contributed by atoms with van der Waals surface area (Å²) in [5.41, 5.74) is 3.02. The average molecular weight is 192 g/mol. The van der Waals surface area contributed by atoms with Gasteiger partial charge in [-0.2, -0.15) is 5.10 Å². The van der Waals surface area contributed by atoms with Crippen molar-refractivity contribution >= 4 is 12.6 Å². The van der Waals surface area contributed by atoms with E-state index < -0.39 is 0 Å². The predicted octanol–water partition coefficient (Wildman–Crippen LogP) is 0.495. The third-order valence-electron chi connectivity index (χ3n) is 1.74. The maximum atomic E-state index is 9.91. The second-order valence-corrected chi connectivity index (χ2v) is 2.62. The van der Waals surface area contributed by atoms with E-state index in [4.69, 9.17) is 9.47 Å². The van der Waals surface area contributed by atoms with Crippen molar-refractivity contribution in [1.82, 2.24) is 5.43 Å². The number of hydrogen-bond donors (Lipinski definition) is 1. The van der Waals surface area contributed by atoms with Crippen LogP contribution in [0.1, 0.15) is 5.56 Å². The highest BCUT2D eigenvalue weighted by atomic mass is 16.7. The molecule has 1 aliphatic heterocycles. The van der Waals surface area contributed by atoms with Gasteiger partial charge in [0.2, 0.25) is 13.2 Å². The maximum Gasteiger partial charge on any atom is 0.231 e. The Bertz CT molecular complexity index is 376. The summed E-state index contributed by atoms with van der Waals surface area (Å²) in [5.74, 6) is 1.42. The van der Waals surface area contributed by atoms with Gasteiger partial charge >= 0.3 is 0 Å². The molecule has 0 saturated carbocycles. The first kappa shape index (κ1) is 8.55. The van der Waals surface area contributed by atoms with Gasteiger partial charge in [-0.05, 0) is 23.8 Å². The van der Waals surface area contributed by atoms with E-state index >= 15 is 0 Å². The molecular weight excluding hydrogens is 184 g/mol. The van der Waals surface area contributed by atoms with Crippen LogP contribution in [-0.4, -0.2) is 19.4 Å². The molecule has 0 spiro atoms. The van der Waals surface area contributed by atoms with Crippen molar-refractivity contribution in [3.8, 4) is 11.5 Å². The number of nitrogens with one attached hydrogen (secondary N) is 1. The predicted molar refractivity (Wildman–Crippen MR) is 49.4 cm³/mol. The molecule has 14 heavy (non-hydrogen) atoms. The zero-order valence-electron chi connectivity index (χ0n) is 7.27. The molecule has 2 rings (SSSR count). The van der Waals surface area contributed by atoms with Crippen LogP contribution in [0.25, 0.3) is 0 Å². The van der Waals surface area contributed by atoms with E-state index in [9.17, 15) is 4.79 Å². The summed E-state index contributed by atoms with van der Waals surface area (Å²) in [6.07, 6.45) is 2.03. The Kier molecular flexibility index (Phi) is 2.31. The molecule has 5 heteroatoms. The standard InChI is InChI=1S/C9H8N2O3/c12-5-11-10-4-7-1-2-8-9(3-7)14-6-13-8/h1-5H,6H2,(H,11,12). The van der Waals surface area contributed by atoms with E-state index in [1.165, 1.54) is 6.21 Å². The molecule has 0 bridgehead atoms. The minimum absolute atomic E-state index is 0.252. The molecule has 0 atom stereocenters. The second-order valence-electron chi connectivity index (χ2n) is 2.62. The number of amides is 1. The summed E-state index contributed by atoms with van der Waals surface area (Å²) in [4.78, 5) is 9.91. The van der Waals surface area contributed by atoms with Crippen LogP contribution in [0.2, 0.25) is 0 Å². The van der Waals surface area contributed by atoms with Crippen molar-refractivity contribution in [2.24, 2.45) is 5.10 Å². The number of hydrazone groups is 1. The van der Waals surface area contributed by atoms with Gasteiger partial charge in [0.25, 0.3) is 0 Å². The van der Waals surface area contributed by atoms with Gasteiger partial charge in [-0.1, -0.05) is 0 Å². The number of carbonyl (C=O) groups excluding carboxylic acids is 1. The van der Waals surface area contributed by atoms with Crippen LogP contribution in [0.3, 0.4) is 0 Å². The van der Waals surface area contributed by atoms with Gasteiger partial charge in [0.05, 0.1) is 6.21 Å². The number of fused-ring (bicyclic) bond motifs is 1. The maximum absolute atomic E-state index is 9.91. The molecule has 1 aromatic carbocycles. The number of benzene rings is 1. The van der Waals surface area contributed by atoms with Crippen molar-refractivity contribution in [3.05, 3.63) is 23.8 Å². The van der Waals surface area contributed by atoms with E-state index in [0.717, 1.165) is 11.3 Å². The van der Waals surface area contributed by atoms with Crippen LogP contribution >= 0.6 is 0 Å². The Morgan fingerprint density at radius 2 is 2.21 bits per heavy atom. The van der Waals surface area contributed by atoms with Crippen LogP contribution in [0.15, 0.2) is 23.3 Å². The van der Waals surface area contributed by atoms with E-state index in [0.29, 0.717) is 12.2 Å². The monoisotopic (exact) mass is 192 g/mol. The lowest BCUT2D eigenvalue weighted by Crippen LogP contribution is -2.00. The van der Waals surface area contributed by atoms with Crippen molar-refractivity contribution in [1.29, 1.82) is 0 Å². The van der Waals surface area contributed by atoms with Gasteiger partial charge in [0.1, 0.15) is 0 Å². The fourth-order valence-corrected chi connectivity index (χ4v) is 1.14. The molecule has 1 N–H and O–H groups in total. The summed E-state index contributed by atoms with van der Waals surface area (Å²) in [6.45, 7) is 0.252. The zero-order chi connectivity index (χ0) is 9.80. The minimum atomic E-state index is 0.252. The third kappa shape index (κ3) is 1.66. The normalized spacial score (nSPS) is 13.1. The van der Waals surface area contributed by atoms with Crippen molar-refractivity contribution in [3.63, 3.8) is 0 Å². The molecule has 0 aliphatic carbocycles. The minimum Gasteiger partial charge on any atom is -0.454 e. The molecule has 1 aromatic rings. The van der Waals surface area contributed by atoms with E-state index in [1.807, 2.05) is 6.07 Å². The molecule has 5 nitrogen and oxygen atoms in total. The molecule has 0 radical (unpaired) electrons. The van der Waals surface area contributed by atoms with Crippen molar-refractivity contribution in [2.45, 2.75) is 0 Å². The van der Waals surface area contributed by atoms with E-state index in [1.54, 1.807) is 12.1 Å². The fraction of sp³-hybridized carbons (Fsp3) is 0.111. The van der Waals surface area contributed by atoms with Crippen molar-refractivity contribution < 1.29 is 14.3 Å². The third-order valence-corrected chi connectivity index (χ3v) is 1.74. The van der Waals surface area contributed by atoms with Crippen LogP contribution in [0.5, 0.6) is 11.5 Å².